The standard InChI is InChI=1S/C41H54N4O7/c1-27(2)21-33(39(49)42-26-30-19-13-8-14-20-30)44-36(47)24-34(46)31(22-28-15-9-6-10-16-28)43-37(48)25-35-38(51-35)32(23-29-17-11-7-12-18-29)45-40(50)52-41(3,4)5/h6-20,27,31-35,38,46H,21-26H2,1-5H3,(H,42,49)(H,43,48)(H,44,47)(H,45,50)/t31?,32-,33-,34+,35?,38?/m0/s1. The number of hydrogen-bond donors (Lipinski definition) is 5. The normalized spacial score (nSPS) is 17.6. The number of epoxide rings is 1. The Balaban J connectivity index is 1.38. The number of aliphatic hydroxyl groups excluding tert-OH is 1. The average molecular weight is 715 g/mol. The minimum atomic E-state index is -1.24. The molecule has 1 heterocycles. The van der Waals surface area contributed by atoms with E-state index in [4.69, 9.17) is 9.47 Å². The Morgan fingerprint density at radius 3 is 1.88 bits per heavy atom. The number of carbonyl (C=O) groups excluding carboxylic acids is 4. The van der Waals surface area contributed by atoms with Crippen LogP contribution < -0.4 is 21.3 Å². The highest BCUT2D eigenvalue weighted by Crippen LogP contribution is 2.30. The summed E-state index contributed by atoms with van der Waals surface area (Å²) >= 11 is 0. The van der Waals surface area contributed by atoms with E-state index in [2.05, 4.69) is 21.3 Å². The maximum Gasteiger partial charge on any atom is 0.407 e. The largest absolute Gasteiger partial charge is 0.444 e. The van der Waals surface area contributed by atoms with E-state index in [9.17, 15) is 24.3 Å². The Kier molecular flexibility index (Phi) is 14.8. The van der Waals surface area contributed by atoms with E-state index in [-0.39, 0.29) is 37.0 Å². The van der Waals surface area contributed by atoms with E-state index in [1.54, 1.807) is 20.8 Å². The van der Waals surface area contributed by atoms with Crippen LogP contribution in [0.15, 0.2) is 91.0 Å². The molecule has 1 aliphatic rings. The molecule has 0 aromatic heterocycles. The summed E-state index contributed by atoms with van der Waals surface area (Å²) in [5.41, 5.74) is 2.13. The molecule has 3 aromatic carbocycles. The predicted molar refractivity (Wildman–Crippen MR) is 199 cm³/mol. The Bertz CT molecular complexity index is 1580. The number of benzene rings is 3. The van der Waals surface area contributed by atoms with E-state index >= 15 is 0 Å². The van der Waals surface area contributed by atoms with Gasteiger partial charge in [-0.25, -0.2) is 4.79 Å². The topological polar surface area (TPSA) is 158 Å². The number of ether oxygens (including phenoxy) is 2. The van der Waals surface area contributed by atoms with Gasteiger partial charge in [0.15, 0.2) is 0 Å². The second-order valence-electron chi connectivity index (χ2n) is 14.9. The minimum absolute atomic E-state index is 0.00575. The first-order valence-corrected chi connectivity index (χ1v) is 18.1. The van der Waals surface area contributed by atoms with Crippen molar-refractivity contribution in [3.05, 3.63) is 108 Å². The number of rotatable bonds is 18. The lowest BCUT2D eigenvalue weighted by Crippen LogP contribution is -2.50. The van der Waals surface area contributed by atoms with Crippen LogP contribution in [0.3, 0.4) is 0 Å². The van der Waals surface area contributed by atoms with Gasteiger partial charge in [-0.05, 0) is 62.6 Å². The van der Waals surface area contributed by atoms with Crippen LogP contribution in [-0.2, 0) is 43.2 Å². The third-order valence-electron chi connectivity index (χ3n) is 8.58. The molecule has 3 unspecified atom stereocenters. The van der Waals surface area contributed by atoms with Crippen LogP contribution in [0.1, 0.15) is 70.6 Å². The number of alkyl carbamates (subject to hydrolysis) is 1. The lowest BCUT2D eigenvalue weighted by Gasteiger charge is -2.26. The first-order chi connectivity index (χ1) is 24.8. The van der Waals surface area contributed by atoms with Crippen molar-refractivity contribution in [3.8, 4) is 0 Å². The fourth-order valence-corrected chi connectivity index (χ4v) is 6.05. The second kappa shape index (κ2) is 19.2. The Hall–Kier alpha value is -4.74. The molecule has 4 rings (SSSR count). The van der Waals surface area contributed by atoms with Crippen LogP contribution in [0, 0.1) is 5.92 Å². The Morgan fingerprint density at radius 1 is 0.769 bits per heavy atom. The van der Waals surface area contributed by atoms with Crippen LogP contribution in [-0.4, -0.2) is 71.0 Å². The summed E-state index contributed by atoms with van der Waals surface area (Å²) in [4.78, 5) is 52.5. The van der Waals surface area contributed by atoms with Crippen LogP contribution in [0.25, 0.3) is 0 Å². The summed E-state index contributed by atoms with van der Waals surface area (Å²) in [6.07, 6.45) is -1.85. The third-order valence-corrected chi connectivity index (χ3v) is 8.58. The van der Waals surface area contributed by atoms with Gasteiger partial charge in [0.1, 0.15) is 17.7 Å². The number of carbonyl (C=O) groups is 4. The second-order valence-corrected chi connectivity index (χ2v) is 14.9. The van der Waals surface area contributed by atoms with E-state index in [0.717, 1.165) is 16.7 Å². The summed E-state index contributed by atoms with van der Waals surface area (Å²) in [6.45, 7) is 9.63. The fraction of sp³-hybridized carbons (Fsp3) is 0.463. The smallest absolute Gasteiger partial charge is 0.407 e. The molecule has 11 nitrogen and oxygen atoms in total. The maximum atomic E-state index is 13.4. The van der Waals surface area contributed by atoms with Crippen molar-refractivity contribution < 1.29 is 33.8 Å². The van der Waals surface area contributed by atoms with E-state index in [1.165, 1.54) is 0 Å². The zero-order chi connectivity index (χ0) is 37.7. The van der Waals surface area contributed by atoms with Crippen LogP contribution in [0.4, 0.5) is 4.79 Å². The summed E-state index contributed by atoms with van der Waals surface area (Å²) in [5.74, 6) is -1.03. The number of amides is 4. The highest BCUT2D eigenvalue weighted by Gasteiger charge is 2.47. The van der Waals surface area contributed by atoms with Crippen molar-refractivity contribution in [3.63, 3.8) is 0 Å². The molecular formula is C41H54N4O7. The molecule has 1 aliphatic heterocycles. The zero-order valence-electron chi connectivity index (χ0n) is 30.8. The van der Waals surface area contributed by atoms with Crippen LogP contribution in [0.2, 0.25) is 0 Å². The Morgan fingerprint density at radius 2 is 1.33 bits per heavy atom. The van der Waals surface area contributed by atoms with Crippen molar-refractivity contribution >= 4 is 23.8 Å². The molecule has 5 N–H and O–H groups in total. The van der Waals surface area contributed by atoms with Crippen molar-refractivity contribution in [2.75, 3.05) is 0 Å². The molecule has 3 aromatic rings. The zero-order valence-corrected chi connectivity index (χ0v) is 30.8. The van der Waals surface area contributed by atoms with Gasteiger partial charge in [-0.15, -0.1) is 0 Å². The van der Waals surface area contributed by atoms with Gasteiger partial charge in [0.2, 0.25) is 17.7 Å². The quantitative estimate of drug-likeness (QED) is 0.121. The van der Waals surface area contributed by atoms with Gasteiger partial charge < -0.3 is 35.8 Å². The molecule has 11 heteroatoms. The summed E-state index contributed by atoms with van der Waals surface area (Å²) in [7, 11) is 0. The van der Waals surface area contributed by atoms with Gasteiger partial charge in [-0.3, -0.25) is 14.4 Å². The molecular weight excluding hydrogens is 660 g/mol. The number of nitrogens with one attached hydrogen (secondary N) is 4. The molecule has 1 fully saturated rings. The molecule has 6 atom stereocenters. The highest BCUT2D eigenvalue weighted by molar-refractivity contribution is 5.87. The fourth-order valence-electron chi connectivity index (χ4n) is 6.05. The lowest BCUT2D eigenvalue weighted by atomic mass is 9.97. The van der Waals surface area contributed by atoms with Gasteiger partial charge in [0.05, 0.1) is 37.1 Å². The maximum absolute atomic E-state index is 13.4. The number of aliphatic hydroxyl groups is 1. The van der Waals surface area contributed by atoms with E-state index < -0.39 is 54.0 Å². The minimum Gasteiger partial charge on any atom is -0.444 e. The molecule has 0 aliphatic carbocycles. The van der Waals surface area contributed by atoms with Gasteiger partial charge in [-0.2, -0.15) is 0 Å². The van der Waals surface area contributed by atoms with Crippen molar-refractivity contribution in [1.29, 1.82) is 0 Å². The average Bonchev–Trinajstić information content (AvgIpc) is 3.85. The van der Waals surface area contributed by atoms with Crippen LogP contribution >= 0.6 is 0 Å². The first kappa shape index (κ1) is 40.0. The molecule has 52 heavy (non-hydrogen) atoms. The monoisotopic (exact) mass is 714 g/mol. The molecule has 0 saturated carbocycles. The van der Waals surface area contributed by atoms with E-state index in [1.807, 2.05) is 105 Å². The van der Waals surface area contributed by atoms with E-state index in [0.29, 0.717) is 19.4 Å². The molecule has 0 spiro atoms. The van der Waals surface area contributed by atoms with Crippen molar-refractivity contribution in [2.24, 2.45) is 5.92 Å². The lowest BCUT2D eigenvalue weighted by molar-refractivity contribution is -0.131. The Labute approximate surface area is 307 Å². The van der Waals surface area contributed by atoms with Crippen molar-refractivity contribution in [1.82, 2.24) is 21.3 Å². The summed E-state index contributed by atoms with van der Waals surface area (Å²) < 4.78 is 11.4. The van der Waals surface area contributed by atoms with Gasteiger partial charge in [0, 0.05) is 6.54 Å². The van der Waals surface area contributed by atoms with Gasteiger partial charge in [-0.1, -0.05) is 105 Å². The molecule has 0 bridgehead atoms. The summed E-state index contributed by atoms with van der Waals surface area (Å²) in [6, 6.07) is 26.5. The van der Waals surface area contributed by atoms with Crippen molar-refractivity contribution in [2.45, 2.75) is 115 Å². The van der Waals surface area contributed by atoms with Gasteiger partial charge in [0.25, 0.3) is 0 Å². The summed E-state index contributed by atoms with van der Waals surface area (Å²) in [5, 5.41) is 22.9. The van der Waals surface area contributed by atoms with Gasteiger partial charge >= 0.3 is 6.09 Å². The third kappa shape index (κ3) is 14.1. The SMILES string of the molecule is CC(C)C[C@H](NC(=O)C[C@@H](O)C(Cc1ccccc1)NC(=O)CC1OC1[C@H](Cc1ccccc1)NC(=O)OC(C)(C)C)C(=O)NCc1ccccc1. The molecule has 1 saturated heterocycles. The highest BCUT2D eigenvalue weighted by atomic mass is 16.6. The first-order valence-electron chi connectivity index (χ1n) is 18.1. The molecule has 280 valence electrons. The predicted octanol–water partition coefficient (Wildman–Crippen LogP) is 4.61. The number of hydrogen-bond acceptors (Lipinski definition) is 7. The molecule has 4 amide bonds. The van der Waals surface area contributed by atoms with Crippen LogP contribution in [0.5, 0.6) is 0 Å². The molecule has 0 radical (unpaired) electrons.